The first-order valence-corrected chi connectivity index (χ1v) is 2.39. The van der Waals surface area contributed by atoms with Gasteiger partial charge in [0.05, 0.1) is 0 Å². The minimum atomic E-state index is -1.01. The molecule has 0 radical (unpaired) electrons. The fourth-order valence-corrected chi connectivity index (χ4v) is 0.144. The van der Waals surface area contributed by atoms with E-state index in [4.69, 9.17) is 0 Å². The minimum absolute atomic E-state index is 1.01. The molecule has 0 saturated carbocycles. The van der Waals surface area contributed by atoms with E-state index in [0.29, 0.717) is 0 Å². The van der Waals surface area contributed by atoms with E-state index >= 15 is 0 Å². The maximum Gasteiger partial charge on any atom is 0.338 e. The van der Waals surface area contributed by atoms with Gasteiger partial charge in [-0.1, -0.05) is 9.98 Å². The normalized spacial score (nSPS) is 9.00. The second kappa shape index (κ2) is 6.11. The van der Waals surface area contributed by atoms with E-state index in [9.17, 15) is 9.59 Å². The molecule has 0 aromatic rings. The fourth-order valence-electron chi connectivity index (χ4n) is 0.144. The molecule has 0 bridgehead atoms. The van der Waals surface area contributed by atoms with Crippen molar-refractivity contribution in [3.05, 3.63) is 0 Å². The van der Waals surface area contributed by atoms with Crippen molar-refractivity contribution in [2.75, 3.05) is 0 Å². The summed E-state index contributed by atoms with van der Waals surface area (Å²) in [5, 5.41) is 7.18. The molecule has 4 amide bonds. The van der Waals surface area contributed by atoms with Crippen LogP contribution in [0.5, 0.6) is 0 Å². The first-order chi connectivity index (χ1) is 5.63. The third-order valence-corrected chi connectivity index (χ3v) is 0.380. The van der Waals surface area contributed by atoms with Gasteiger partial charge in [0.15, 0.2) is 0 Å². The Morgan fingerprint density at radius 1 is 0.917 bits per heavy atom. The third-order valence-electron chi connectivity index (χ3n) is 0.380. The van der Waals surface area contributed by atoms with Crippen molar-refractivity contribution in [3.63, 3.8) is 0 Å². The number of nitrogens with two attached hydrogens (primary N) is 2. The largest absolute Gasteiger partial charge is 0.350 e. The van der Waals surface area contributed by atoms with E-state index in [1.807, 2.05) is 0 Å². The van der Waals surface area contributed by atoms with E-state index in [-0.39, 0.29) is 0 Å². The molecule has 0 rings (SSSR count). The van der Waals surface area contributed by atoms with Crippen LogP contribution in [0, 0.1) is 0 Å². The van der Waals surface area contributed by atoms with Gasteiger partial charge >= 0.3 is 12.1 Å². The summed E-state index contributed by atoms with van der Waals surface area (Å²) >= 11 is 0. The molecule has 0 aromatic carbocycles. The van der Waals surface area contributed by atoms with Gasteiger partial charge < -0.3 is 11.5 Å². The highest BCUT2D eigenvalue weighted by Gasteiger charge is 1.94. The molecule has 6 N–H and O–H groups in total. The average molecular weight is 182 g/mol. The molecule has 0 heterocycles. The number of carbonyl (C=O) groups is 2. The van der Waals surface area contributed by atoms with Gasteiger partial charge in [-0.2, -0.15) is 11.0 Å². The number of hydrogen-bond donors (Lipinski definition) is 4. The van der Waals surface area contributed by atoms with Crippen molar-refractivity contribution in [1.82, 2.24) is 11.0 Å². The van der Waals surface area contributed by atoms with E-state index in [2.05, 4.69) is 31.5 Å². The lowest BCUT2D eigenvalue weighted by Crippen LogP contribution is -2.32. The van der Waals surface area contributed by atoms with Crippen LogP contribution in [0.4, 0.5) is 9.59 Å². The first-order valence-electron chi connectivity index (χ1n) is 2.39. The molecule has 0 aromatic heterocycles. The highest BCUT2D eigenvalue weighted by atomic mass is 17.7. The third kappa shape index (κ3) is 8.38. The van der Waals surface area contributed by atoms with Gasteiger partial charge in [0.2, 0.25) is 0 Å². The van der Waals surface area contributed by atoms with Gasteiger partial charge in [0.1, 0.15) is 0 Å². The number of primary amides is 2. The Morgan fingerprint density at radius 3 is 1.50 bits per heavy atom. The van der Waals surface area contributed by atoms with E-state index in [1.165, 1.54) is 11.0 Å². The van der Waals surface area contributed by atoms with Crippen LogP contribution in [0.25, 0.3) is 0 Å². The Hall–Kier alpha value is -1.62. The molecular weight excluding hydrogens is 176 g/mol. The first kappa shape index (κ1) is 10.4. The fraction of sp³-hybridized carbons (Fsp3) is 0. The monoisotopic (exact) mass is 182 g/mol. The molecule has 12 heavy (non-hydrogen) atoms. The summed E-state index contributed by atoms with van der Waals surface area (Å²) < 4.78 is 0. The van der Waals surface area contributed by atoms with Crippen LogP contribution in [0.2, 0.25) is 0 Å². The van der Waals surface area contributed by atoms with Crippen LogP contribution < -0.4 is 22.4 Å². The Bertz CT molecular complexity index is 142. The van der Waals surface area contributed by atoms with Gasteiger partial charge in [-0.3, -0.25) is 0 Å². The number of nitrogens with one attached hydrogen (secondary N) is 2. The van der Waals surface area contributed by atoms with Crippen molar-refractivity contribution in [3.8, 4) is 0 Å². The molecule has 0 aliphatic heterocycles. The molecular formula is C2H6N4O6. The van der Waals surface area contributed by atoms with Crippen molar-refractivity contribution >= 4 is 12.1 Å². The number of hydrogen-bond acceptors (Lipinski definition) is 6. The van der Waals surface area contributed by atoms with E-state index in [0.717, 1.165) is 0 Å². The number of amides is 4. The van der Waals surface area contributed by atoms with Crippen molar-refractivity contribution in [1.29, 1.82) is 0 Å². The lowest BCUT2D eigenvalue weighted by Gasteiger charge is -1.99. The molecule has 0 saturated heterocycles. The Balaban J connectivity index is 3.01. The zero-order chi connectivity index (χ0) is 9.40. The number of carbonyl (C=O) groups excluding carboxylic acids is 2. The summed E-state index contributed by atoms with van der Waals surface area (Å²) in [4.78, 5) is 27.1. The minimum Gasteiger partial charge on any atom is -0.350 e. The average Bonchev–Trinajstić information content (AvgIpc) is 1.95. The van der Waals surface area contributed by atoms with Gasteiger partial charge in [0, 0.05) is 0 Å². The van der Waals surface area contributed by atoms with Gasteiger partial charge in [-0.15, -0.1) is 0 Å². The molecule has 10 heteroatoms. The summed E-state index contributed by atoms with van der Waals surface area (Å²) in [6, 6.07) is -2.03. The van der Waals surface area contributed by atoms with Crippen molar-refractivity contribution < 1.29 is 29.6 Å². The lowest BCUT2D eigenvalue weighted by atomic mass is 11.2. The molecule has 0 aliphatic rings. The second-order valence-corrected chi connectivity index (χ2v) is 1.24. The predicted molar refractivity (Wildman–Crippen MR) is 29.8 cm³/mol. The van der Waals surface area contributed by atoms with Crippen LogP contribution in [-0.2, 0) is 20.1 Å². The zero-order valence-corrected chi connectivity index (χ0v) is 5.60. The molecule has 70 valence electrons. The van der Waals surface area contributed by atoms with E-state index < -0.39 is 12.1 Å². The Morgan fingerprint density at radius 2 is 1.25 bits per heavy atom. The van der Waals surface area contributed by atoms with Gasteiger partial charge in [0.25, 0.3) is 0 Å². The summed E-state index contributed by atoms with van der Waals surface area (Å²) in [5.74, 6) is 0. The summed E-state index contributed by atoms with van der Waals surface area (Å²) in [6.45, 7) is 0. The maximum atomic E-state index is 9.86. The molecule has 0 unspecified atom stereocenters. The number of hydroxylamine groups is 2. The number of rotatable bonds is 5. The molecule has 0 fully saturated rings. The highest BCUT2D eigenvalue weighted by Crippen LogP contribution is 1.76. The molecule has 10 nitrogen and oxygen atoms in total. The topological polar surface area (TPSA) is 147 Å². The Kier molecular flexibility index (Phi) is 5.29. The van der Waals surface area contributed by atoms with Crippen LogP contribution in [0.1, 0.15) is 0 Å². The van der Waals surface area contributed by atoms with Crippen LogP contribution in [0.15, 0.2) is 0 Å². The smallest absolute Gasteiger partial charge is 0.338 e. The molecule has 0 spiro atoms. The second-order valence-electron chi connectivity index (χ2n) is 1.24. The van der Waals surface area contributed by atoms with Gasteiger partial charge in [-0.25, -0.2) is 9.59 Å². The maximum absolute atomic E-state index is 9.86. The molecule has 0 atom stereocenters. The van der Waals surface area contributed by atoms with Crippen LogP contribution in [-0.4, -0.2) is 12.1 Å². The predicted octanol–water partition coefficient (Wildman–Crippen LogP) is -2.04. The van der Waals surface area contributed by atoms with E-state index in [1.54, 1.807) is 0 Å². The summed E-state index contributed by atoms with van der Waals surface area (Å²) in [7, 11) is 0. The quantitative estimate of drug-likeness (QED) is 0.219. The number of urea groups is 2. The highest BCUT2D eigenvalue weighted by molar-refractivity contribution is 5.70. The van der Waals surface area contributed by atoms with Crippen LogP contribution >= 0.6 is 0 Å². The van der Waals surface area contributed by atoms with Crippen molar-refractivity contribution in [2.45, 2.75) is 0 Å². The summed E-state index contributed by atoms with van der Waals surface area (Å²) in [5.41, 5.74) is 12.0. The van der Waals surface area contributed by atoms with Gasteiger partial charge in [-0.05, 0) is 10.1 Å². The zero-order valence-electron chi connectivity index (χ0n) is 5.60. The standard InChI is InChI=1S/C2H6N4O6/c3-1(7)5-9-11-12-10-6-2(4)8/h(H3,3,5,7)(H3,4,6,8). The van der Waals surface area contributed by atoms with Crippen LogP contribution in [0.3, 0.4) is 0 Å². The SMILES string of the molecule is NC(=O)NOOOONC(N)=O. The summed E-state index contributed by atoms with van der Waals surface area (Å²) in [6.07, 6.45) is 0. The molecule has 0 aliphatic carbocycles. The lowest BCUT2D eigenvalue weighted by molar-refractivity contribution is -0.652. The Labute approximate surface area is 65.4 Å². The van der Waals surface area contributed by atoms with Crippen molar-refractivity contribution in [2.24, 2.45) is 11.5 Å².